The predicted molar refractivity (Wildman–Crippen MR) is 93.2 cm³/mol. The van der Waals surface area contributed by atoms with E-state index in [-0.39, 0.29) is 0 Å². The fraction of sp³-hybridized carbons (Fsp3) is 0.211. The Morgan fingerprint density at radius 3 is 2.68 bits per heavy atom. The van der Waals surface area contributed by atoms with Crippen LogP contribution in [-0.4, -0.2) is 20.9 Å². The highest BCUT2D eigenvalue weighted by molar-refractivity contribution is 5.72. The van der Waals surface area contributed by atoms with Gasteiger partial charge >= 0.3 is 6.09 Å². The van der Waals surface area contributed by atoms with Gasteiger partial charge in [0.2, 0.25) is 0 Å². The lowest BCUT2D eigenvalue weighted by molar-refractivity contribution is 0.210. The van der Waals surface area contributed by atoms with Crippen LogP contribution in [0.2, 0.25) is 0 Å². The van der Waals surface area contributed by atoms with E-state index in [1.807, 2.05) is 42.5 Å². The fourth-order valence-electron chi connectivity index (χ4n) is 3.02. The van der Waals surface area contributed by atoms with Crippen molar-refractivity contribution in [1.29, 1.82) is 0 Å². The van der Waals surface area contributed by atoms with Gasteiger partial charge in [-0.3, -0.25) is 0 Å². The maximum atomic E-state index is 11.3. The second-order valence-electron chi connectivity index (χ2n) is 6.16. The number of hydrogen-bond acceptors (Lipinski definition) is 4. The molecule has 6 nitrogen and oxygen atoms in total. The summed E-state index contributed by atoms with van der Waals surface area (Å²) in [6, 6.07) is 16.0. The molecule has 25 heavy (non-hydrogen) atoms. The average Bonchev–Trinajstić information content (AvgIpc) is 3.34. The van der Waals surface area contributed by atoms with Crippen molar-refractivity contribution in [2.75, 3.05) is 0 Å². The van der Waals surface area contributed by atoms with E-state index in [1.165, 1.54) is 0 Å². The number of nitrogens with two attached hydrogens (primary N) is 1. The van der Waals surface area contributed by atoms with E-state index >= 15 is 0 Å². The normalized spacial score (nSPS) is 13.6. The molecule has 0 spiro atoms. The van der Waals surface area contributed by atoms with Crippen molar-refractivity contribution in [3.8, 4) is 17.1 Å². The number of benzene rings is 2. The van der Waals surface area contributed by atoms with Crippen LogP contribution in [0.1, 0.15) is 30.0 Å². The summed E-state index contributed by atoms with van der Waals surface area (Å²) >= 11 is 0. The lowest BCUT2D eigenvalue weighted by Gasteiger charge is -2.14. The summed E-state index contributed by atoms with van der Waals surface area (Å²) < 4.78 is 7.35. The van der Waals surface area contributed by atoms with Crippen LogP contribution >= 0.6 is 0 Å². The minimum absolute atomic E-state index is 0.454. The average molecular weight is 334 g/mol. The molecule has 1 aliphatic rings. The van der Waals surface area contributed by atoms with Crippen LogP contribution in [-0.2, 0) is 6.42 Å². The van der Waals surface area contributed by atoms with Gasteiger partial charge in [-0.05, 0) is 24.5 Å². The van der Waals surface area contributed by atoms with Crippen LogP contribution in [0.25, 0.3) is 11.4 Å². The lowest BCUT2D eigenvalue weighted by Crippen LogP contribution is -2.17. The molecule has 1 fully saturated rings. The molecular formula is C19H18N4O2. The highest BCUT2D eigenvalue weighted by atomic mass is 16.5. The number of carbonyl (C=O) groups is 1. The fourth-order valence-corrected chi connectivity index (χ4v) is 3.02. The third-order valence-electron chi connectivity index (χ3n) is 4.32. The molecule has 0 radical (unpaired) electrons. The van der Waals surface area contributed by atoms with Gasteiger partial charge in [-0.1, -0.05) is 42.5 Å². The molecule has 0 bridgehead atoms. The van der Waals surface area contributed by atoms with E-state index in [4.69, 9.17) is 10.5 Å². The Morgan fingerprint density at radius 2 is 1.96 bits per heavy atom. The van der Waals surface area contributed by atoms with Crippen molar-refractivity contribution in [3.63, 3.8) is 0 Å². The Balaban J connectivity index is 1.82. The molecule has 0 atom stereocenters. The first-order valence-corrected chi connectivity index (χ1v) is 8.25. The number of ether oxygens (including phenoxy) is 1. The minimum atomic E-state index is -0.824. The number of primary amides is 1. The Hall–Kier alpha value is -3.15. The van der Waals surface area contributed by atoms with Gasteiger partial charge in [0.25, 0.3) is 0 Å². The molecule has 2 N–H and O–H groups in total. The van der Waals surface area contributed by atoms with Crippen LogP contribution in [0.15, 0.2) is 54.9 Å². The molecule has 3 aromatic rings. The Kier molecular flexibility index (Phi) is 3.93. The van der Waals surface area contributed by atoms with E-state index in [2.05, 4.69) is 14.8 Å². The first-order chi connectivity index (χ1) is 12.2. The maximum Gasteiger partial charge on any atom is 0.409 e. The van der Waals surface area contributed by atoms with Gasteiger partial charge in [0.1, 0.15) is 12.1 Å². The molecule has 0 unspecified atom stereocenters. The van der Waals surface area contributed by atoms with Gasteiger partial charge < -0.3 is 15.0 Å². The van der Waals surface area contributed by atoms with Crippen molar-refractivity contribution in [1.82, 2.24) is 14.8 Å². The number of hydrogen-bond donors (Lipinski definition) is 1. The summed E-state index contributed by atoms with van der Waals surface area (Å²) in [7, 11) is 0. The quantitative estimate of drug-likeness (QED) is 0.776. The van der Waals surface area contributed by atoms with Crippen molar-refractivity contribution in [2.24, 2.45) is 5.73 Å². The first kappa shape index (κ1) is 15.4. The van der Waals surface area contributed by atoms with E-state index in [1.54, 1.807) is 12.4 Å². The van der Waals surface area contributed by atoms with Crippen molar-refractivity contribution < 1.29 is 9.53 Å². The Labute approximate surface area is 145 Å². The number of rotatable bonds is 5. The van der Waals surface area contributed by atoms with Gasteiger partial charge in [0, 0.05) is 23.6 Å². The summed E-state index contributed by atoms with van der Waals surface area (Å²) in [6.45, 7) is 0. The summed E-state index contributed by atoms with van der Waals surface area (Å²) in [5.74, 6) is 1.25. The SMILES string of the molecule is NC(=O)Oc1cccc(-c2nncn2C2CC2)c1Cc1ccccc1. The Morgan fingerprint density at radius 1 is 1.16 bits per heavy atom. The van der Waals surface area contributed by atoms with E-state index in [9.17, 15) is 4.79 Å². The van der Waals surface area contributed by atoms with Gasteiger partial charge in [0.05, 0.1) is 0 Å². The standard InChI is InChI=1S/C19H18N4O2/c20-19(24)25-17-8-4-7-15(16(17)11-13-5-2-1-3-6-13)18-22-21-12-23(18)14-9-10-14/h1-8,12,14H,9-11H2,(H2,20,24). The molecule has 4 rings (SSSR count). The zero-order valence-corrected chi connectivity index (χ0v) is 13.6. The summed E-state index contributed by atoms with van der Waals surface area (Å²) in [5.41, 5.74) is 8.15. The van der Waals surface area contributed by atoms with E-state index in [0.29, 0.717) is 18.2 Å². The highest BCUT2D eigenvalue weighted by Gasteiger charge is 2.28. The van der Waals surface area contributed by atoms with Crippen molar-refractivity contribution in [2.45, 2.75) is 25.3 Å². The number of carbonyl (C=O) groups excluding carboxylic acids is 1. The number of nitrogens with zero attached hydrogens (tertiary/aromatic N) is 3. The molecule has 1 heterocycles. The highest BCUT2D eigenvalue weighted by Crippen LogP contribution is 2.39. The van der Waals surface area contributed by atoms with Crippen LogP contribution < -0.4 is 10.5 Å². The summed E-state index contributed by atoms with van der Waals surface area (Å²) in [6.07, 6.45) is 3.82. The minimum Gasteiger partial charge on any atom is -0.410 e. The number of amides is 1. The van der Waals surface area contributed by atoms with Crippen molar-refractivity contribution >= 4 is 6.09 Å². The zero-order valence-electron chi connectivity index (χ0n) is 13.6. The van der Waals surface area contributed by atoms with Gasteiger partial charge in [0.15, 0.2) is 5.82 Å². The lowest BCUT2D eigenvalue weighted by atomic mass is 9.98. The van der Waals surface area contributed by atoms with Crippen LogP contribution in [0.3, 0.4) is 0 Å². The first-order valence-electron chi connectivity index (χ1n) is 8.25. The maximum absolute atomic E-state index is 11.3. The molecule has 6 heteroatoms. The number of aromatic nitrogens is 3. The van der Waals surface area contributed by atoms with Crippen LogP contribution in [0.4, 0.5) is 4.79 Å². The Bertz CT molecular complexity index is 901. The van der Waals surface area contributed by atoms with E-state index in [0.717, 1.165) is 35.4 Å². The van der Waals surface area contributed by atoms with Crippen LogP contribution in [0, 0.1) is 0 Å². The molecule has 0 aliphatic heterocycles. The monoisotopic (exact) mass is 334 g/mol. The molecular weight excluding hydrogens is 316 g/mol. The summed E-state index contributed by atoms with van der Waals surface area (Å²) in [5, 5.41) is 8.39. The molecule has 126 valence electrons. The molecule has 1 aliphatic carbocycles. The van der Waals surface area contributed by atoms with Gasteiger partial charge in [-0.2, -0.15) is 0 Å². The largest absolute Gasteiger partial charge is 0.410 e. The third kappa shape index (κ3) is 3.24. The van der Waals surface area contributed by atoms with Gasteiger partial charge in [-0.25, -0.2) is 4.79 Å². The molecule has 1 saturated carbocycles. The summed E-state index contributed by atoms with van der Waals surface area (Å²) in [4.78, 5) is 11.3. The predicted octanol–water partition coefficient (Wildman–Crippen LogP) is 3.33. The van der Waals surface area contributed by atoms with Crippen molar-refractivity contribution in [3.05, 3.63) is 66.0 Å². The smallest absolute Gasteiger partial charge is 0.409 e. The molecule has 2 aromatic carbocycles. The molecule has 1 aromatic heterocycles. The third-order valence-corrected chi connectivity index (χ3v) is 4.32. The van der Waals surface area contributed by atoms with Gasteiger partial charge in [-0.15, -0.1) is 10.2 Å². The molecule has 0 saturated heterocycles. The second kappa shape index (κ2) is 6.39. The zero-order chi connectivity index (χ0) is 17.2. The second-order valence-corrected chi connectivity index (χ2v) is 6.16. The topological polar surface area (TPSA) is 83.0 Å². The van der Waals surface area contributed by atoms with Crippen LogP contribution in [0.5, 0.6) is 5.75 Å². The van der Waals surface area contributed by atoms with E-state index < -0.39 is 6.09 Å². The molecule has 1 amide bonds.